The molecule has 0 radical (unpaired) electrons. The van der Waals surface area contributed by atoms with Crippen molar-refractivity contribution < 1.29 is 22.7 Å². The van der Waals surface area contributed by atoms with Crippen LogP contribution >= 0.6 is 11.3 Å². The van der Waals surface area contributed by atoms with Crippen molar-refractivity contribution in [1.29, 1.82) is 0 Å². The maximum Gasteiger partial charge on any atom is 0.243 e. The first-order chi connectivity index (χ1) is 14.4. The lowest BCUT2D eigenvalue weighted by Gasteiger charge is -2.30. The third-order valence-electron chi connectivity index (χ3n) is 5.20. The lowest BCUT2D eigenvalue weighted by atomic mass is 10.0. The van der Waals surface area contributed by atoms with Gasteiger partial charge < -0.3 is 15.0 Å². The zero-order valence-electron chi connectivity index (χ0n) is 16.4. The molecule has 8 nitrogen and oxygen atoms in total. The molecular weight excluding hydrogens is 426 g/mol. The number of rotatable bonds is 6. The number of hydrogen-bond acceptors (Lipinski definition) is 6. The van der Waals surface area contributed by atoms with E-state index in [9.17, 15) is 18.0 Å². The van der Waals surface area contributed by atoms with Gasteiger partial charge in [0.1, 0.15) is 6.54 Å². The second-order valence-electron chi connectivity index (χ2n) is 7.14. The van der Waals surface area contributed by atoms with Crippen LogP contribution in [-0.4, -0.2) is 57.4 Å². The van der Waals surface area contributed by atoms with Crippen LogP contribution in [0.4, 0.5) is 5.69 Å². The molecule has 1 saturated heterocycles. The van der Waals surface area contributed by atoms with Gasteiger partial charge in [-0.1, -0.05) is 6.07 Å². The summed E-state index contributed by atoms with van der Waals surface area (Å²) in [4.78, 5) is 27.5. The molecule has 2 amide bonds. The van der Waals surface area contributed by atoms with Crippen molar-refractivity contribution in [2.24, 2.45) is 0 Å². The average Bonchev–Trinajstić information content (AvgIpc) is 3.28. The first-order valence-corrected chi connectivity index (χ1v) is 12.1. The predicted octanol–water partition coefficient (Wildman–Crippen LogP) is 1.36. The quantitative estimate of drug-likeness (QED) is 0.719. The Morgan fingerprint density at radius 1 is 1.17 bits per heavy atom. The second-order valence-corrected chi connectivity index (χ2v) is 10.1. The van der Waals surface area contributed by atoms with E-state index < -0.39 is 10.0 Å². The van der Waals surface area contributed by atoms with E-state index in [4.69, 9.17) is 4.74 Å². The van der Waals surface area contributed by atoms with Gasteiger partial charge in [-0.05, 0) is 41.6 Å². The molecule has 0 spiro atoms. The van der Waals surface area contributed by atoms with Gasteiger partial charge in [-0.25, -0.2) is 8.42 Å². The van der Waals surface area contributed by atoms with Crippen molar-refractivity contribution in [3.63, 3.8) is 0 Å². The van der Waals surface area contributed by atoms with Gasteiger partial charge in [0.2, 0.25) is 21.8 Å². The van der Waals surface area contributed by atoms with Crippen LogP contribution in [0.1, 0.15) is 16.9 Å². The van der Waals surface area contributed by atoms with Crippen molar-refractivity contribution >= 4 is 38.9 Å². The van der Waals surface area contributed by atoms with E-state index in [0.29, 0.717) is 45.0 Å². The Morgan fingerprint density at radius 3 is 2.70 bits per heavy atom. The third kappa shape index (κ3) is 4.41. The molecule has 0 unspecified atom stereocenters. The Kier molecular flexibility index (Phi) is 6.19. The minimum atomic E-state index is -3.61. The molecule has 0 saturated carbocycles. The van der Waals surface area contributed by atoms with E-state index in [1.165, 1.54) is 15.3 Å². The standard InChI is InChI=1S/C20H23N3O5S2/c24-19(21-13-16-2-1-11-29-16)14-23-18-5-4-17(12-15(18)3-6-20(23)25)30(26,27)22-7-9-28-10-8-22/h1-2,4-5,11-12H,3,6-10,13-14H2,(H,21,24). The molecule has 2 aromatic rings. The van der Waals surface area contributed by atoms with Gasteiger partial charge in [0, 0.05) is 30.1 Å². The van der Waals surface area contributed by atoms with Crippen molar-refractivity contribution in [2.75, 3.05) is 37.7 Å². The molecule has 10 heteroatoms. The number of nitrogens with one attached hydrogen (secondary N) is 1. The Hall–Kier alpha value is -2.27. The second kappa shape index (κ2) is 8.84. The van der Waals surface area contributed by atoms with Gasteiger partial charge in [0.05, 0.1) is 24.7 Å². The number of fused-ring (bicyclic) bond motifs is 1. The van der Waals surface area contributed by atoms with E-state index >= 15 is 0 Å². The van der Waals surface area contributed by atoms with Gasteiger partial charge in [0.15, 0.2) is 0 Å². The highest BCUT2D eigenvalue weighted by molar-refractivity contribution is 7.89. The summed E-state index contributed by atoms with van der Waals surface area (Å²) in [6.45, 7) is 1.75. The van der Waals surface area contributed by atoms with E-state index in [0.717, 1.165) is 10.4 Å². The molecule has 4 rings (SSSR count). The lowest BCUT2D eigenvalue weighted by Crippen LogP contribution is -2.43. The first kappa shape index (κ1) is 21.0. The maximum atomic E-state index is 12.9. The number of carbonyl (C=O) groups is 2. The number of nitrogens with zero attached hydrogens (tertiary/aromatic N) is 2. The van der Waals surface area contributed by atoms with Crippen LogP contribution in [-0.2, 0) is 37.3 Å². The van der Waals surface area contributed by atoms with Gasteiger partial charge >= 0.3 is 0 Å². The number of sulfonamides is 1. The van der Waals surface area contributed by atoms with Gasteiger partial charge in [-0.2, -0.15) is 4.31 Å². The zero-order valence-corrected chi connectivity index (χ0v) is 18.0. The number of hydrogen-bond donors (Lipinski definition) is 1. The maximum absolute atomic E-state index is 12.9. The SMILES string of the molecule is O=C(CN1C(=O)CCc2cc(S(=O)(=O)N3CCOCC3)ccc21)NCc1cccs1. The smallest absolute Gasteiger partial charge is 0.243 e. The average molecular weight is 450 g/mol. The van der Waals surface area contributed by atoms with E-state index in [-0.39, 0.29) is 29.7 Å². The summed E-state index contributed by atoms with van der Waals surface area (Å²) in [5.41, 5.74) is 1.36. The Balaban J connectivity index is 1.50. The summed E-state index contributed by atoms with van der Waals surface area (Å²) in [7, 11) is -3.61. The highest BCUT2D eigenvalue weighted by Gasteiger charge is 2.30. The van der Waals surface area contributed by atoms with Crippen LogP contribution in [0.15, 0.2) is 40.6 Å². The van der Waals surface area contributed by atoms with Gasteiger partial charge in [-0.15, -0.1) is 11.3 Å². The molecule has 3 heterocycles. The molecular formula is C20H23N3O5S2. The van der Waals surface area contributed by atoms with Gasteiger partial charge in [-0.3, -0.25) is 9.59 Å². The number of morpholine rings is 1. The van der Waals surface area contributed by atoms with Gasteiger partial charge in [0.25, 0.3) is 0 Å². The number of benzene rings is 1. The van der Waals surface area contributed by atoms with Crippen LogP contribution in [0.25, 0.3) is 0 Å². The number of anilines is 1. The first-order valence-electron chi connectivity index (χ1n) is 9.75. The molecule has 1 N–H and O–H groups in total. The summed E-state index contributed by atoms with van der Waals surface area (Å²) >= 11 is 1.55. The number of amides is 2. The topological polar surface area (TPSA) is 96.0 Å². The van der Waals surface area contributed by atoms with Crippen molar-refractivity contribution in [1.82, 2.24) is 9.62 Å². The molecule has 2 aliphatic heterocycles. The Bertz CT molecular complexity index is 1030. The summed E-state index contributed by atoms with van der Waals surface area (Å²) in [6, 6.07) is 8.62. The lowest BCUT2D eigenvalue weighted by molar-refractivity contribution is -0.124. The highest BCUT2D eigenvalue weighted by Crippen LogP contribution is 2.31. The number of thiophene rings is 1. The fourth-order valence-electron chi connectivity index (χ4n) is 3.60. The van der Waals surface area contributed by atoms with Crippen LogP contribution in [0, 0.1) is 0 Å². The third-order valence-corrected chi connectivity index (χ3v) is 7.97. The summed E-state index contributed by atoms with van der Waals surface area (Å²) in [5.74, 6) is -0.396. The fourth-order valence-corrected chi connectivity index (χ4v) is 5.71. The molecule has 1 fully saturated rings. The molecule has 0 bridgehead atoms. The van der Waals surface area contributed by atoms with Crippen LogP contribution < -0.4 is 10.2 Å². The summed E-state index contributed by atoms with van der Waals surface area (Å²) in [5, 5.41) is 4.76. The molecule has 0 atom stereocenters. The zero-order chi connectivity index (χ0) is 21.1. The van der Waals surface area contributed by atoms with Crippen LogP contribution in [0.2, 0.25) is 0 Å². The minimum Gasteiger partial charge on any atom is -0.379 e. The number of ether oxygens (including phenoxy) is 1. The number of aryl methyl sites for hydroxylation is 1. The largest absolute Gasteiger partial charge is 0.379 e. The summed E-state index contributed by atoms with van der Waals surface area (Å²) in [6.07, 6.45) is 0.695. The van der Waals surface area contributed by atoms with E-state index in [1.807, 2.05) is 17.5 Å². The van der Waals surface area contributed by atoms with Crippen molar-refractivity contribution in [3.05, 3.63) is 46.2 Å². The van der Waals surface area contributed by atoms with Crippen LogP contribution in [0.5, 0.6) is 0 Å². The van der Waals surface area contributed by atoms with Crippen molar-refractivity contribution in [3.8, 4) is 0 Å². The monoisotopic (exact) mass is 449 g/mol. The Labute approximate surface area is 179 Å². The van der Waals surface area contributed by atoms with E-state index in [1.54, 1.807) is 23.5 Å². The van der Waals surface area contributed by atoms with E-state index in [2.05, 4.69) is 5.32 Å². The fraction of sp³-hybridized carbons (Fsp3) is 0.400. The normalized spacial score (nSPS) is 17.6. The molecule has 1 aromatic heterocycles. The summed E-state index contributed by atoms with van der Waals surface area (Å²) < 4.78 is 32.5. The molecule has 0 aliphatic carbocycles. The molecule has 160 valence electrons. The minimum absolute atomic E-state index is 0.0905. The molecule has 1 aromatic carbocycles. The highest BCUT2D eigenvalue weighted by atomic mass is 32.2. The predicted molar refractivity (Wildman–Crippen MR) is 113 cm³/mol. The van der Waals surface area contributed by atoms with Crippen LogP contribution in [0.3, 0.4) is 0 Å². The Morgan fingerprint density at radius 2 is 1.97 bits per heavy atom. The number of carbonyl (C=O) groups excluding carboxylic acids is 2. The van der Waals surface area contributed by atoms with Crippen molar-refractivity contribution in [2.45, 2.75) is 24.3 Å². The molecule has 2 aliphatic rings. The molecule has 30 heavy (non-hydrogen) atoms.